The predicted octanol–water partition coefficient (Wildman–Crippen LogP) is 0.691. The summed E-state index contributed by atoms with van der Waals surface area (Å²) in [6.45, 7) is 5.64. The SMILES string of the molecule is CCCCC[n+]1c(C)sc2ccccc21.[Br-]. The average molecular weight is 300 g/mol. The quantitative estimate of drug-likeness (QED) is 0.578. The number of aryl methyl sites for hydroxylation is 2. The first-order chi connectivity index (χ1) is 7.33. The van der Waals surface area contributed by atoms with Gasteiger partial charge in [0.15, 0.2) is 0 Å². The summed E-state index contributed by atoms with van der Waals surface area (Å²) in [6.07, 6.45) is 3.92. The van der Waals surface area contributed by atoms with Crippen LogP contribution < -0.4 is 21.5 Å². The molecule has 1 aromatic carbocycles. The molecule has 0 aliphatic heterocycles. The molecule has 0 aliphatic carbocycles. The van der Waals surface area contributed by atoms with Crippen molar-refractivity contribution in [3.05, 3.63) is 29.3 Å². The maximum absolute atomic E-state index is 2.45. The maximum atomic E-state index is 2.45. The van der Waals surface area contributed by atoms with Crippen LogP contribution in [0.5, 0.6) is 0 Å². The summed E-state index contributed by atoms with van der Waals surface area (Å²) in [5.41, 5.74) is 1.40. The van der Waals surface area contributed by atoms with Crippen molar-refractivity contribution in [2.24, 2.45) is 0 Å². The van der Waals surface area contributed by atoms with Gasteiger partial charge in [0.1, 0.15) is 11.2 Å². The summed E-state index contributed by atoms with van der Waals surface area (Å²) >= 11 is 1.90. The Hall–Kier alpha value is -0.410. The molecule has 0 fully saturated rings. The van der Waals surface area contributed by atoms with Gasteiger partial charge in [-0.25, -0.2) is 0 Å². The molecular weight excluding hydrogens is 282 g/mol. The molecule has 2 rings (SSSR count). The van der Waals surface area contributed by atoms with Gasteiger partial charge in [0, 0.05) is 19.4 Å². The molecule has 0 radical (unpaired) electrons. The summed E-state index contributed by atoms with van der Waals surface area (Å²) in [4.78, 5) is 0. The zero-order valence-corrected chi connectivity index (χ0v) is 12.3. The van der Waals surface area contributed by atoms with Gasteiger partial charge in [-0.1, -0.05) is 36.8 Å². The molecular formula is C13H18BrNS. The molecule has 0 spiro atoms. The first-order valence-corrected chi connectivity index (χ1v) is 6.52. The Morgan fingerprint density at radius 1 is 1.19 bits per heavy atom. The summed E-state index contributed by atoms with van der Waals surface area (Å²) in [5.74, 6) is 0. The Morgan fingerprint density at radius 3 is 2.69 bits per heavy atom. The number of unbranched alkanes of at least 4 members (excludes halogenated alkanes) is 2. The molecule has 1 aromatic heterocycles. The smallest absolute Gasteiger partial charge is 0.235 e. The molecule has 1 heterocycles. The lowest BCUT2D eigenvalue weighted by Crippen LogP contribution is -3.00. The van der Waals surface area contributed by atoms with Crippen LogP contribution in [-0.4, -0.2) is 0 Å². The van der Waals surface area contributed by atoms with Crippen molar-refractivity contribution in [2.75, 3.05) is 0 Å². The zero-order valence-electron chi connectivity index (χ0n) is 9.87. The third kappa shape index (κ3) is 2.83. The number of aromatic nitrogens is 1. The fourth-order valence-corrected chi connectivity index (χ4v) is 3.00. The van der Waals surface area contributed by atoms with Crippen molar-refractivity contribution >= 4 is 21.6 Å². The van der Waals surface area contributed by atoms with E-state index in [9.17, 15) is 0 Å². The highest BCUT2D eigenvalue weighted by atomic mass is 79.9. The molecule has 0 amide bonds. The van der Waals surface area contributed by atoms with Gasteiger partial charge in [-0.3, -0.25) is 0 Å². The highest BCUT2D eigenvalue weighted by Crippen LogP contribution is 2.19. The third-order valence-corrected chi connectivity index (χ3v) is 3.86. The van der Waals surface area contributed by atoms with Crippen molar-refractivity contribution in [1.29, 1.82) is 0 Å². The molecule has 0 atom stereocenters. The molecule has 3 heteroatoms. The van der Waals surface area contributed by atoms with Crippen LogP contribution in [0.3, 0.4) is 0 Å². The molecule has 0 bridgehead atoms. The van der Waals surface area contributed by atoms with Gasteiger partial charge in [-0.15, -0.1) is 0 Å². The Balaban J connectivity index is 0.00000128. The number of halogens is 1. The highest BCUT2D eigenvalue weighted by molar-refractivity contribution is 7.18. The third-order valence-electron chi connectivity index (χ3n) is 2.78. The average Bonchev–Trinajstić information content (AvgIpc) is 2.56. The van der Waals surface area contributed by atoms with Gasteiger partial charge in [0.2, 0.25) is 10.5 Å². The van der Waals surface area contributed by atoms with Crippen LogP contribution in [-0.2, 0) is 6.54 Å². The van der Waals surface area contributed by atoms with E-state index in [1.807, 2.05) is 11.3 Å². The normalized spacial score (nSPS) is 10.4. The van der Waals surface area contributed by atoms with E-state index in [4.69, 9.17) is 0 Å². The lowest BCUT2D eigenvalue weighted by Gasteiger charge is -1.95. The van der Waals surface area contributed by atoms with Gasteiger partial charge in [0.25, 0.3) is 0 Å². The Bertz CT molecular complexity index is 450. The molecule has 16 heavy (non-hydrogen) atoms. The number of para-hydroxylation sites is 1. The second-order valence-electron chi connectivity index (χ2n) is 3.95. The molecule has 0 aliphatic rings. The molecule has 1 nitrogen and oxygen atoms in total. The minimum absolute atomic E-state index is 0. The molecule has 0 saturated carbocycles. The lowest BCUT2D eigenvalue weighted by atomic mass is 10.2. The Labute approximate surface area is 112 Å². The fourth-order valence-electron chi connectivity index (χ4n) is 1.95. The van der Waals surface area contributed by atoms with Crippen LogP contribution in [0.2, 0.25) is 0 Å². The number of hydrogen-bond acceptors (Lipinski definition) is 1. The zero-order chi connectivity index (χ0) is 10.7. The number of hydrogen-bond donors (Lipinski definition) is 0. The summed E-state index contributed by atoms with van der Waals surface area (Å²) in [6, 6.07) is 8.69. The number of nitrogens with zero attached hydrogens (tertiary/aromatic N) is 1. The minimum atomic E-state index is 0. The second-order valence-corrected chi connectivity index (χ2v) is 5.18. The van der Waals surface area contributed by atoms with Crippen molar-refractivity contribution in [1.82, 2.24) is 0 Å². The van der Waals surface area contributed by atoms with E-state index in [0.29, 0.717) is 0 Å². The van der Waals surface area contributed by atoms with Gasteiger partial charge in [-0.2, -0.15) is 4.57 Å². The van der Waals surface area contributed by atoms with E-state index in [2.05, 4.69) is 42.7 Å². The number of rotatable bonds is 4. The first-order valence-electron chi connectivity index (χ1n) is 5.71. The van der Waals surface area contributed by atoms with Crippen LogP contribution in [0.15, 0.2) is 24.3 Å². The van der Waals surface area contributed by atoms with Gasteiger partial charge >= 0.3 is 0 Å². The number of thiazole rings is 1. The summed E-state index contributed by atoms with van der Waals surface area (Å²) in [5, 5.41) is 1.42. The minimum Gasteiger partial charge on any atom is -1.00 e. The van der Waals surface area contributed by atoms with E-state index in [-0.39, 0.29) is 17.0 Å². The van der Waals surface area contributed by atoms with Crippen LogP contribution >= 0.6 is 11.3 Å². The van der Waals surface area contributed by atoms with E-state index >= 15 is 0 Å². The summed E-state index contributed by atoms with van der Waals surface area (Å²) < 4.78 is 3.86. The monoisotopic (exact) mass is 299 g/mol. The molecule has 0 N–H and O–H groups in total. The lowest BCUT2D eigenvalue weighted by molar-refractivity contribution is -0.673. The van der Waals surface area contributed by atoms with Gasteiger partial charge in [-0.05, 0) is 12.5 Å². The van der Waals surface area contributed by atoms with Gasteiger partial charge < -0.3 is 17.0 Å². The number of fused-ring (bicyclic) bond motifs is 1. The van der Waals surface area contributed by atoms with Crippen molar-refractivity contribution in [3.63, 3.8) is 0 Å². The van der Waals surface area contributed by atoms with Crippen LogP contribution in [0, 0.1) is 6.92 Å². The molecule has 0 unspecified atom stereocenters. The largest absolute Gasteiger partial charge is 1.00 e. The van der Waals surface area contributed by atoms with Crippen molar-refractivity contribution in [3.8, 4) is 0 Å². The highest BCUT2D eigenvalue weighted by Gasteiger charge is 2.15. The Morgan fingerprint density at radius 2 is 1.94 bits per heavy atom. The summed E-state index contributed by atoms with van der Waals surface area (Å²) in [7, 11) is 0. The van der Waals surface area contributed by atoms with E-state index in [1.54, 1.807) is 0 Å². The predicted molar refractivity (Wildman–Crippen MR) is 66.3 cm³/mol. The van der Waals surface area contributed by atoms with Crippen LogP contribution in [0.25, 0.3) is 10.2 Å². The standard InChI is InChI=1S/C13H18NS.BrH/c1-3-4-7-10-14-11(2)15-13-9-6-5-8-12(13)14;/h5-6,8-9H,3-4,7,10H2,1-2H3;1H/q+1;/p-1. The fraction of sp³-hybridized carbons (Fsp3) is 0.462. The molecule has 0 saturated heterocycles. The topological polar surface area (TPSA) is 3.88 Å². The maximum Gasteiger partial charge on any atom is 0.235 e. The first kappa shape index (κ1) is 13.7. The van der Waals surface area contributed by atoms with Crippen LogP contribution in [0.1, 0.15) is 31.2 Å². The van der Waals surface area contributed by atoms with Crippen molar-refractivity contribution < 1.29 is 21.5 Å². The van der Waals surface area contributed by atoms with E-state index in [0.717, 1.165) is 0 Å². The van der Waals surface area contributed by atoms with E-state index < -0.39 is 0 Å². The van der Waals surface area contributed by atoms with E-state index in [1.165, 1.54) is 41.0 Å². The van der Waals surface area contributed by atoms with Crippen molar-refractivity contribution in [2.45, 2.75) is 39.7 Å². The van der Waals surface area contributed by atoms with Crippen LogP contribution in [0.4, 0.5) is 0 Å². The second kappa shape index (κ2) is 6.36. The van der Waals surface area contributed by atoms with Gasteiger partial charge in [0.05, 0.1) is 0 Å². The molecule has 88 valence electrons. The number of benzene rings is 1. The molecule has 2 aromatic rings. The Kier molecular flexibility index (Phi) is 5.42.